The second-order valence-corrected chi connectivity index (χ2v) is 7.35. The van der Waals surface area contributed by atoms with Crippen LogP contribution in [0, 0.1) is 5.82 Å². The number of hydrogen-bond acceptors (Lipinski definition) is 5. The molecule has 3 aromatic rings. The molecule has 30 heavy (non-hydrogen) atoms. The van der Waals surface area contributed by atoms with Gasteiger partial charge in [-0.1, -0.05) is 18.5 Å². The lowest BCUT2D eigenvalue weighted by atomic mass is 10.1. The largest absolute Gasteiger partial charge is 0.494 e. The second kappa shape index (κ2) is 9.07. The number of aromatic nitrogens is 2. The average molecular weight is 409 g/mol. The summed E-state index contributed by atoms with van der Waals surface area (Å²) in [5.41, 5.74) is 1.27. The van der Waals surface area contributed by atoms with Crippen molar-refractivity contribution in [3.63, 3.8) is 0 Å². The van der Waals surface area contributed by atoms with E-state index in [9.17, 15) is 9.18 Å². The number of likely N-dealkylation sites (tertiary alicyclic amines) is 1. The van der Waals surface area contributed by atoms with Crippen molar-refractivity contribution < 1.29 is 18.4 Å². The van der Waals surface area contributed by atoms with Gasteiger partial charge in [-0.25, -0.2) is 4.39 Å². The number of amides is 1. The molecular formula is C23H24FN3O3. The van der Waals surface area contributed by atoms with Gasteiger partial charge in [0.15, 0.2) is 0 Å². The summed E-state index contributed by atoms with van der Waals surface area (Å²) in [5, 5.41) is 4.01. The first-order valence-corrected chi connectivity index (χ1v) is 10.3. The predicted molar refractivity (Wildman–Crippen MR) is 110 cm³/mol. The Bertz CT molecular complexity index is 986. The summed E-state index contributed by atoms with van der Waals surface area (Å²) in [6, 6.07) is 12.9. The summed E-state index contributed by atoms with van der Waals surface area (Å²) in [4.78, 5) is 19.3. The first-order chi connectivity index (χ1) is 14.7. The summed E-state index contributed by atoms with van der Waals surface area (Å²) in [5.74, 6) is 1.16. The Morgan fingerprint density at radius 1 is 1.20 bits per heavy atom. The van der Waals surface area contributed by atoms with Crippen LogP contribution in [0.1, 0.15) is 54.9 Å². The number of carbonyl (C=O) groups is 1. The lowest BCUT2D eigenvalue weighted by Gasteiger charge is -2.22. The van der Waals surface area contributed by atoms with Gasteiger partial charge in [-0.15, -0.1) is 0 Å². The molecule has 156 valence electrons. The smallest absolute Gasteiger partial charge is 0.254 e. The van der Waals surface area contributed by atoms with E-state index in [-0.39, 0.29) is 17.8 Å². The van der Waals surface area contributed by atoms with Gasteiger partial charge in [0.2, 0.25) is 11.7 Å². The van der Waals surface area contributed by atoms with Crippen molar-refractivity contribution in [1.82, 2.24) is 15.0 Å². The number of benzene rings is 2. The van der Waals surface area contributed by atoms with Crippen LogP contribution in [0.3, 0.4) is 0 Å². The molecule has 1 saturated heterocycles. The van der Waals surface area contributed by atoms with Crippen LogP contribution in [-0.2, 0) is 0 Å². The van der Waals surface area contributed by atoms with Gasteiger partial charge < -0.3 is 14.2 Å². The maximum absolute atomic E-state index is 13.1. The highest BCUT2D eigenvalue weighted by Crippen LogP contribution is 2.33. The van der Waals surface area contributed by atoms with Gasteiger partial charge in [0.05, 0.1) is 6.61 Å². The van der Waals surface area contributed by atoms with Crippen LogP contribution in [0.15, 0.2) is 53.1 Å². The molecule has 2 heterocycles. The molecule has 6 nitrogen and oxygen atoms in total. The molecule has 0 saturated carbocycles. The van der Waals surface area contributed by atoms with Crippen molar-refractivity contribution in [3.8, 4) is 17.1 Å². The van der Waals surface area contributed by atoms with E-state index >= 15 is 0 Å². The molecule has 1 fully saturated rings. The Kier molecular flexibility index (Phi) is 6.07. The Balaban J connectivity index is 1.47. The zero-order chi connectivity index (χ0) is 20.9. The Labute approximate surface area is 174 Å². The van der Waals surface area contributed by atoms with E-state index in [2.05, 4.69) is 17.1 Å². The lowest BCUT2D eigenvalue weighted by Crippen LogP contribution is -2.30. The van der Waals surface area contributed by atoms with Gasteiger partial charge in [-0.2, -0.15) is 4.98 Å². The predicted octanol–water partition coefficient (Wildman–Crippen LogP) is 5.03. The summed E-state index contributed by atoms with van der Waals surface area (Å²) in [6.07, 6.45) is 3.70. The highest BCUT2D eigenvalue weighted by atomic mass is 19.1. The maximum Gasteiger partial charge on any atom is 0.254 e. The minimum atomic E-state index is -0.322. The van der Waals surface area contributed by atoms with Crippen LogP contribution >= 0.6 is 0 Å². The molecule has 0 bridgehead atoms. The van der Waals surface area contributed by atoms with Crippen molar-refractivity contribution in [2.75, 3.05) is 13.2 Å². The number of unbranched alkanes of at least 4 members (excludes halogenated alkanes) is 1. The van der Waals surface area contributed by atoms with E-state index in [0.717, 1.165) is 31.4 Å². The van der Waals surface area contributed by atoms with Crippen LogP contribution in [0.25, 0.3) is 11.4 Å². The molecule has 1 amide bonds. The van der Waals surface area contributed by atoms with Crippen LogP contribution in [-0.4, -0.2) is 34.1 Å². The molecule has 2 aromatic carbocycles. The third kappa shape index (κ3) is 4.35. The molecule has 7 heteroatoms. The number of carbonyl (C=O) groups excluding carboxylic acids is 1. The second-order valence-electron chi connectivity index (χ2n) is 7.35. The van der Waals surface area contributed by atoms with E-state index in [1.54, 1.807) is 29.2 Å². The van der Waals surface area contributed by atoms with Gasteiger partial charge in [0.1, 0.15) is 17.6 Å². The molecule has 0 aliphatic carbocycles. The monoisotopic (exact) mass is 409 g/mol. The molecule has 1 unspecified atom stereocenters. The first kappa shape index (κ1) is 20.1. The zero-order valence-corrected chi connectivity index (χ0v) is 16.9. The number of ether oxygens (including phenoxy) is 1. The molecule has 0 radical (unpaired) electrons. The highest BCUT2D eigenvalue weighted by molar-refractivity contribution is 5.94. The van der Waals surface area contributed by atoms with E-state index in [1.807, 2.05) is 12.1 Å². The van der Waals surface area contributed by atoms with E-state index in [0.29, 0.717) is 36.0 Å². The fourth-order valence-electron chi connectivity index (χ4n) is 3.55. The molecule has 0 spiro atoms. The summed E-state index contributed by atoms with van der Waals surface area (Å²) < 4.78 is 24.3. The van der Waals surface area contributed by atoms with E-state index < -0.39 is 0 Å². The van der Waals surface area contributed by atoms with Crippen molar-refractivity contribution >= 4 is 5.91 Å². The van der Waals surface area contributed by atoms with Gasteiger partial charge in [0, 0.05) is 17.7 Å². The van der Waals surface area contributed by atoms with Crippen LogP contribution in [0.5, 0.6) is 5.75 Å². The summed E-state index contributed by atoms with van der Waals surface area (Å²) >= 11 is 0. The highest BCUT2D eigenvalue weighted by Gasteiger charge is 2.34. The fraction of sp³-hybridized carbons (Fsp3) is 0.348. The SMILES string of the molecule is CCCCOc1ccc(C(=O)N2CCCC2c2nc(-c3ccc(F)cc3)no2)cc1. The molecule has 4 rings (SSSR count). The Hall–Kier alpha value is -3.22. The van der Waals surface area contributed by atoms with E-state index in [4.69, 9.17) is 9.26 Å². The number of halogens is 1. The van der Waals surface area contributed by atoms with E-state index in [1.165, 1.54) is 12.1 Å². The van der Waals surface area contributed by atoms with Gasteiger partial charge in [-0.05, 0) is 67.8 Å². The lowest BCUT2D eigenvalue weighted by molar-refractivity contribution is 0.0710. The van der Waals surface area contributed by atoms with Crippen molar-refractivity contribution in [1.29, 1.82) is 0 Å². The van der Waals surface area contributed by atoms with Crippen LogP contribution in [0.4, 0.5) is 4.39 Å². The topological polar surface area (TPSA) is 68.5 Å². The molecule has 1 atom stereocenters. The van der Waals surface area contributed by atoms with Crippen LogP contribution < -0.4 is 4.74 Å². The normalized spacial score (nSPS) is 16.1. The number of rotatable bonds is 7. The third-order valence-electron chi connectivity index (χ3n) is 5.21. The van der Waals surface area contributed by atoms with Crippen molar-refractivity contribution in [2.45, 2.75) is 38.6 Å². The van der Waals surface area contributed by atoms with Gasteiger partial charge >= 0.3 is 0 Å². The third-order valence-corrected chi connectivity index (χ3v) is 5.21. The number of nitrogens with zero attached hydrogens (tertiary/aromatic N) is 3. The standard InChI is InChI=1S/C23H24FN3O3/c1-2-3-15-29-19-12-8-17(9-13-19)23(28)27-14-4-5-20(27)22-25-21(26-30-22)16-6-10-18(24)11-7-16/h6-13,20H,2-5,14-15H2,1H3. The Morgan fingerprint density at radius 2 is 1.97 bits per heavy atom. The molecule has 0 N–H and O–H groups in total. The van der Waals surface area contributed by atoms with Crippen molar-refractivity contribution in [2.24, 2.45) is 0 Å². The van der Waals surface area contributed by atoms with Gasteiger partial charge in [-0.3, -0.25) is 4.79 Å². The van der Waals surface area contributed by atoms with Gasteiger partial charge in [0.25, 0.3) is 5.91 Å². The first-order valence-electron chi connectivity index (χ1n) is 10.3. The van der Waals surface area contributed by atoms with Crippen LogP contribution in [0.2, 0.25) is 0 Å². The van der Waals surface area contributed by atoms with Crippen molar-refractivity contribution in [3.05, 3.63) is 65.8 Å². The molecule has 1 aromatic heterocycles. The molecule has 1 aliphatic heterocycles. The minimum absolute atomic E-state index is 0.0702. The average Bonchev–Trinajstić information content (AvgIpc) is 3.44. The molecular weight excluding hydrogens is 385 g/mol. The maximum atomic E-state index is 13.1. The molecule has 1 aliphatic rings. The fourth-order valence-corrected chi connectivity index (χ4v) is 3.55. The Morgan fingerprint density at radius 3 is 2.70 bits per heavy atom. The minimum Gasteiger partial charge on any atom is -0.494 e. The summed E-state index contributed by atoms with van der Waals surface area (Å²) in [7, 11) is 0. The quantitative estimate of drug-likeness (QED) is 0.512. The zero-order valence-electron chi connectivity index (χ0n) is 16.9. The summed E-state index contributed by atoms with van der Waals surface area (Å²) in [6.45, 7) is 3.42. The number of hydrogen-bond donors (Lipinski definition) is 0.